The Bertz CT molecular complexity index is 544. The third-order valence-corrected chi connectivity index (χ3v) is 4.07. The van der Waals surface area contributed by atoms with Gasteiger partial charge in [0.2, 0.25) is 0 Å². The largest absolute Gasteiger partial charge is 0.329 e. The van der Waals surface area contributed by atoms with Crippen LogP contribution in [0.4, 0.5) is 0 Å². The predicted octanol–water partition coefficient (Wildman–Crippen LogP) is 3.80. The minimum Gasteiger partial charge on any atom is -0.329 e. The Labute approximate surface area is 111 Å². The first-order valence-corrected chi connectivity index (χ1v) is 7.42. The molecule has 2 rings (SSSR count). The zero-order chi connectivity index (χ0) is 12.3. The van der Waals surface area contributed by atoms with E-state index in [0.29, 0.717) is 6.04 Å². The fourth-order valence-electron chi connectivity index (χ4n) is 1.94. The van der Waals surface area contributed by atoms with Crippen molar-refractivity contribution >= 4 is 35.0 Å². The molecule has 0 fully saturated rings. The van der Waals surface area contributed by atoms with Crippen LogP contribution in [0.3, 0.4) is 0 Å². The van der Waals surface area contributed by atoms with Gasteiger partial charge in [0.25, 0.3) is 0 Å². The van der Waals surface area contributed by atoms with Crippen molar-refractivity contribution in [2.45, 2.75) is 26.3 Å². The molecule has 0 aliphatic heterocycles. The molecule has 0 bridgehead atoms. The number of pyridine rings is 1. The van der Waals surface area contributed by atoms with Crippen molar-refractivity contribution in [3.05, 3.63) is 23.2 Å². The number of thioether (sulfide) groups is 1. The molecule has 0 saturated carbocycles. The van der Waals surface area contributed by atoms with Crippen molar-refractivity contribution in [2.75, 3.05) is 11.5 Å². The molecule has 0 spiro atoms. The van der Waals surface area contributed by atoms with Gasteiger partial charge in [-0.3, -0.25) is 4.98 Å². The van der Waals surface area contributed by atoms with Gasteiger partial charge in [0, 0.05) is 12.2 Å². The summed E-state index contributed by atoms with van der Waals surface area (Å²) >= 11 is 7.36. The van der Waals surface area contributed by atoms with E-state index in [0.717, 1.165) is 22.2 Å². The lowest BCUT2D eigenvalue weighted by Crippen LogP contribution is -2.06. The molecule has 0 radical (unpaired) electrons. The SMILES string of the molecule is CCSCCC(C)n1c(=S)[nH]c2cnccc21. The van der Waals surface area contributed by atoms with Crippen LogP contribution in [0.25, 0.3) is 11.0 Å². The minimum atomic E-state index is 0.428. The molecular weight excluding hydrogens is 250 g/mol. The van der Waals surface area contributed by atoms with E-state index < -0.39 is 0 Å². The average molecular weight is 267 g/mol. The number of rotatable bonds is 5. The third kappa shape index (κ3) is 2.72. The summed E-state index contributed by atoms with van der Waals surface area (Å²) in [6.45, 7) is 4.41. The van der Waals surface area contributed by atoms with Gasteiger partial charge in [-0.1, -0.05) is 6.92 Å². The summed E-state index contributed by atoms with van der Waals surface area (Å²) in [7, 11) is 0. The number of aromatic amines is 1. The van der Waals surface area contributed by atoms with Crippen molar-refractivity contribution in [3.63, 3.8) is 0 Å². The van der Waals surface area contributed by atoms with Crippen LogP contribution < -0.4 is 0 Å². The predicted molar refractivity (Wildman–Crippen MR) is 77.2 cm³/mol. The molecular formula is C12H17N3S2. The molecule has 1 N–H and O–H groups in total. The Morgan fingerprint density at radius 1 is 1.59 bits per heavy atom. The fraction of sp³-hybridized carbons (Fsp3) is 0.500. The topological polar surface area (TPSA) is 33.6 Å². The van der Waals surface area contributed by atoms with Gasteiger partial charge in [-0.2, -0.15) is 11.8 Å². The van der Waals surface area contributed by atoms with Crippen LogP contribution in [0.1, 0.15) is 26.3 Å². The van der Waals surface area contributed by atoms with Crippen molar-refractivity contribution in [1.82, 2.24) is 14.5 Å². The molecule has 2 aromatic heterocycles. The number of nitrogens with zero attached hydrogens (tertiary/aromatic N) is 2. The van der Waals surface area contributed by atoms with Gasteiger partial charge < -0.3 is 9.55 Å². The normalized spacial score (nSPS) is 13.1. The first-order valence-electron chi connectivity index (χ1n) is 5.86. The van der Waals surface area contributed by atoms with E-state index in [1.807, 2.05) is 30.2 Å². The number of H-pyrrole nitrogens is 1. The third-order valence-electron chi connectivity index (χ3n) is 2.84. The summed E-state index contributed by atoms with van der Waals surface area (Å²) in [6, 6.07) is 2.45. The van der Waals surface area contributed by atoms with Crippen LogP contribution >= 0.6 is 24.0 Å². The molecule has 0 aliphatic carbocycles. The fourth-order valence-corrected chi connectivity index (χ4v) is 3.13. The van der Waals surface area contributed by atoms with Gasteiger partial charge >= 0.3 is 0 Å². The summed E-state index contributed by atoms with van der Waals surface area (Å²) in [5.74, 6) is 2.35. The van der Waals surface area contributed by atoms with E-state index in [2.05, 4.69) is 28.4 Å². The Balaban J connectivity index is 2.28. The molecule has 1 unspecified atom stereocenters. The smallest absolute Gasteiger partial charge is 0.178 e. The summed E-state index contributed by atoms with van der Waals surface area (Å²) < 4.78 is 2.99. The average Bonchev–Trinajstić information content (AvgIpc) is 2.65. The lowest BCUT2D eigenvalue weighted by atomic mass is 10.2. The Morgan fingerprint density at radius 2 is 2.41 bits per heavy atom. The highest BCUT2D eigenvalue weighted by atomic mass is 32.2. The van der Waals surface area contributed by atoms with Gasteiger partial charge in [-0.25, -0.2) is 0 Å². The molecule has 0 amide bonds. The molecule has 1 atom stereocenters. The van der Waals surface area contributed by atoms with Crippen LogP contribution in [0.5, 0.6) is 0 Å². The maximum absolute atomic E-state index is 5.38. The summed E-state index contributed by atoms with van der Waals surface area (Å²) in [5, 5.41) is 0. The molecule has 0 aliphatic rings. The first kappa shape index (κ1) is 12.6. The number of hydrogen-bond acceptors (Lipinski definition) is 3. The van der Waals surface area contributed by atoms with E-state index in [-0.39, 0.29) is 0 Å². The van der Waals surface area contributed by atoms with E-state index in [9.17, 15) is 0 Å². The second kappa shape index (κ2) is 5.69. The Hall–Kier alpha value is -0.810. The standard InChI is InChI=1S/C12H17N3S2/c1-3-17-7-5-9(2)15-11-4-6-13-8-10(11)14-12(15)16/h4,6,8-9H,3,5,7H2,1-2H3,(H,14,16). The van der Waals surface area contributed by atoms with Crippen molar-refractivity contribution < 1.29 is 0 Å². The van der Waals surface area contributed by atoms with E-state index in [4.69, 9.17) is 12.2 Å². The Kier molecular flexibility index (Phi) is 4.23. The van der Waals surface area contributed by atoms with Crippen LogP contribution in [0, 0.1) is 4.77 Å². The monoisotopic (exact) mass is 267 g/mol. The number of hydrogen-bond donors (Lipinski definition) is 1. The van der Waals surface area contributed by atoms with E-state index in [1.54, 1.807) is 0 Å². The highest BCUT2D eigenvalue weighted by Crippen LogP contribution is 2.21. The molecule has 5 heteroatoms. The maximum Gasteiger partial charge on any atom is 0.178 e. The highest BCUT2D eigenvalue weighted by molar-refractivity contribution is 7.99. The number of nitrogens with one attached hydrogen (secondary N) is 1. The van der Waals surface area contributed by atoms with E-state index >= 15 is 0 Å². The molecule has 0 saturated heterocycles. The zero-order valence-corrected chi connectivity index (χ0v) is 11.8. The molecule has 3 nitrogen and oxygen atoms in total. The number of fused-ring (bicyclic) bond motifs is 1. The molecule has 2 aromatic rings. The molecule has 2 heterocycles. The van der Waals surface area contributed by atoms with Gasteiger partial charge in [0.05, 0.1) is 17.2 Å². The van der Waals surface area contributed by atoms with Crippen molar-refractivity contribution in [3.8, 4) is 0 Å². The lowest BCUT2D eigenvalue weighted by Gasteiger charge is -2.13. The van der Waals surface area contributed by atoms with Crippen LogP contribution in [0.2, 0.25) is 0 Å². The lowest BCUT2D eigenvalue weighted by molar-refractivity contribution is 0.543. The highest BCUT2D eigenvalue weighted by Gasteiger charge is 2.10. The second-order valence-electron chi connectivity index (χ2n) is 4.03. The Morgan fingerprint density at radius 3 is 3.18 bits per heavy atom. The second-order valence-corrected chi connectivity index (χ2v) is 5.81. The van der Waals surface area contributed by atoms with E-state index in [1.165, 1.54) is 11.5 Å². The van der Waals surface area contributed by atoms with Crippen LogP contribution in [-0.4, -0.2) is 26.0 Å². The molecule has 92 valence electrons. The van der Waals surface area contributed by atoms with Gasteiger partial charge in [0.15, 0.2) is 4.77 Å². The minimum absolute atomic E-state index is 0.428. The summed E-state index contributed by atoms with van der Waals surface area (Å²) in [4.78, 5) is 7.31. The van der Waals surface area contributed by atoms with Gasteiger partial charge in [0.1, 0.15) is 0 Å². The maximum atomic E-state index is 5.38. The van der Waals surface area contributed by atoms with Crippen molar-refractivity contribution in [2.24, 2.45) is 0 Å². The quantitative estimate of drug-likeness (QED) is 0.661. The van der Waals surface area contributed by atoms with Gasteiger partial charge in [-0.05, 0) is 43.1 Å². The zero-order valence-electron chi connectivity index (χ0n) is 10.1. The first-order chi connectivity index (χ1) is 8.24. The summed E-state index contributed by atoms with van der Waals surface area (Å²) in [6.07, 6.45) is 4.78. The molecule has 17 heavy (non-hydrogen) atoms. The number of imidazole rings is 1. The summed E-state index contributed by atoms with van der Waals surface area (Å²) in [5.41, 5.74) is 2.17. The van der Waals surface area contributed by atoms with Crippen LogP contribution in [-0.2, 0) is 0 Å². The number of aromatic nitrogens is 3. The molecule has 0 aromatic carbocycles. The van der Waals surface area contributed by atoms with Gasteiger partial charge in [-0.15, -0.1) is 0 Å². The van der Waals surface area contributed by atoms with Crippen LogP contribution in [0.15, 0.2) is 18.5 Å². The van der Waals surface area contributed by atoms with Crippen molar-refractivity contribution in [1.29, 1.82) is 0 Å².